The van der Waals surface area contributed by atoms with Crippen LogP contribution in [0.3, 0.4) is 0 Å². The van der Waals surface area contributed by atoms with Crippen LogP contribution in [0.1, 0.15) is 5.56 Å². The predicted octanol–water partition coefficient (Wildman–Crippen LogP) is 4.15. The quantitative estimate of drug-likeness (QED) is 0.835. The molecule has 0 spiro atoms. The van der Waals surface area contributed by atoms with Gasteiger partial charge in [0.05, 0.1) is 19.9 Å². The van der Waals surface area contributed by atoms with E-state index in [0.29, 0.717) is 17.1 Å². The first-order valence-electron chi connectivity index (χ1n) is 6.70. The number of amides is 1. The second-order valence-electron chi connectivity index (χ2n) is 4.53. The van der Waals surface area contributed by atoms with Gasteiger partial charge in [0.15, 0.2) is 11.5 Å². The van der Waals surface area contributed by atoms with Gasteiger partial charge in [0.2, 0.25) is 5.91 Å². The Balaban J connectivity index is 2.15. The van der Waals surface area contributed by atoms with E-state index in [-0.39, 0.29) is 10.7 Å². The van der Waals surface area contributed by atoms with Gasteiger partial charge in [-0.05, 0) is 30.3 Å². The molecule has 2 aromatic carbocycles. The maximum absolute atomic E-state index is 13.6. The molecule has 0 atom stereocenters. The Bertz CT molecular complexity index is 747. The second kappa shape index (κ2) is 7.65. The molecule has 1 amide bonds. The summed E-state index contributed by atoms with van der Waals surface area (Å²) in [6.07, 6.45) is 2.84. The number of para-hydroxylation sites is 1. The number of carbonyl (C=O) groups excluding carboxylic acids is 1. The zero-order chi connectivity index (χ0) is 16.8. The van der Waals surface area contributed by atoms with Crippen LogP contribution in [0.25, 0.3) is 6.08 Å². The molecule has 0 aliphatic rings. The van der Waals surface area contributed by atoms with Crippen molar-refractivity contribution in [3.05, 3.63) is 58.9 Å². The van der Waals surface area contributed by atoms with Crippen molar-refractivity contribution in [2.24, 2.45) is 0 Å². The van der Waals surface area contributed by atoms with Crippen molar-refractivity contribution in [1.29, 1.82) is 0 Å². The first-order valence-corrected chi connectivity index (χ1v) is 7.08. The van der Waals surface area contributed by atoms with Crippen molar-refractivity contribution >= 4 is 29.3 Å². The Morgan fingerprint density at radius 3 is 2.65 bits per heavy atom. The van der Waals surface area contributed by atoms with Crippen molar-refractivity contribution < 1.29 is 18.7 Å². The molecule has 2 aromatic rings. The molecule has 0 aliphatic heterocycles. The van der Waals surface area contributed by atoms with Crippen LogP contribution in [0.15, 0.2) is 42.5 Å². The minimum atomic E-state index is -0.599. The Morgan fingerprint density at radius 2 is 2.00 bits per heavy atom. The van der Waals surface area contributed by atoms with Gasteiger partial charge in [0.25, 0.3) is 0 Å². The number of ether oxygens (including phenoxy) is 2. The zero-order valence-electron chi connectivity index (χ0n) is 12.6. The molecule has 0 saturated carbocycles. The first-order chi connectivity index (χ1) is 11.0. The lowest BCUT2D eigenvalue weighted by atomic mass is 10.1. The number of methoxy groups -OCH3 is 2. The lowest BCUT2D eigenvalue weighted by Crippen LogP contribution is -2.09. The van der Waals surface area contributed by atoms with Crippen molar-refractivity contribution in [3.63, 3.8) is 0 Å². The number of anilines is 1. The maximum atomic E-state index is 13.6. The third kappa shape index (κ3) is 4.23. The molecule has 0 unspecified atom stereocenters. The highest BCUT2D eigenvalue weighted by atomic mass is 35.5. The molecule has 23 heavy (non-hydrogen) atoms. The van der Waals surface area contributed by atoms with E-state index in [4.69, 9.17) is 21.1 Å². The lowest BCUT2D eigenvalue weighted by molar-refractivity contribution is -0.111. The van der Waals surface area contributed by atoms with Crippen LogP contribution in [0.4, 0.5) is 10.1 Å². The van der Waals surface area contributed by atoms with E-state index < -0.39 is 11.7 Å². The number of rotatable bonds is 5. The van der Waals surface area contributed by atoms with E-state index in [1.807, 2.05) is 0 Å². The fourth-order valence-corrected chi connectivity index (χ4v) is 2.13. The summed E-state index contributed by atoms with van der Waals surface area (Å²) in [5.74, 6) is -0.00941. The molecular weight excluding hydrogens is 321 g/mol. The standard InChI is InChI=1S/C17H15ClFNO3/c1-22-15-5-3-4-11(17(15)23-2)6-9-16(21)20-14-8-7-12(18)10-13(14)19/h3-10H,1-2H3,(H,20,21). The minimum absolute atomic E-state index is 0.0571. The van der Waals surface area contributed by atoms with Crippen molar-refractivity contribution in [2.45, 2.75) is 0 Å². The van der Waals surface area contributed by atoms with Crippen LogP contribution >= 0.6 is 11.6 Å². The normalized spacial score (nSPS) is 10.6. The molecule has 0 heterocycles. The molecule has 0 aromatic heterocycles. The summed E-state index contributed by atoms with van der Waals surface area (Å²) in [6, 6.07) is 9.32. The smallest absolute Gasteiger partial charge is 0.248 e. The van der Waals surface area contributed by atoms with Gasteiger partial charge in [-0.25, -0.2) is 4.39 Å². The summed E-state index contributed by atoms with van der Waals surface area (Å²) < 4.78 is 24.1. The van der Waals surface area contributed by atoms with E-state index in [9.17, 15) is 9.18 Å². The van der Waals surface area contributed by atoms with Gasteiger partial charge < -0.3 is 14.8 Å². The number of nitrogens with one attached hydrogen (secondary N) is 1. The topological polar surface area (TPSA) is 47.6 Å². The second-order valence-corrected chi connectivity index (χ2v) is 4.97. The van der Waals surface area contributed by atoms with Crippen molar-refractivity contribution in [3.8, 4) is 11.5 Å². The highest BCUT2D eigenvalue weighted by molar-refractivity contribution is 6.30. The molecule has 2 rings (SSSR count). The fraction of sp³-hybridized carbons (Fsp3) is 0.118. The number of hydrogen-bond acceptors (Lipinski definition) is 3. The van der Waals surface area contributed by atoms with Gasteiger partial charge in [-0.1, -0.05) is 23.7 Å². The Hall–Kier alpha value is -2.53. The fourth-order valence-electron chi connectivity index (χ4n) is 1.97. The SMILES string of the molecule is COc1cccc(C=CC(=O)Nc2ccc(Cl)cc2F)c1OC. The van der Waals surface area contributed by atoms with Crippen LogP contribution < -0.4 is 14.8 Å². The molecule has 4 nitrogen and oxygen atoms in total. The molecule has 120 valence electrons. The van der Waals surface area contributed by atoms with Crippen LogP contribution in [-0.4, -0.2) is 20.1 Å². The highest BCUT2D eigenvalue weighted by Gasteiger charge is 2.08. The summed E-state index contributed by atoms with van der Waals surface area (Å²) in [6.45, 7) is 0. The van der Waals surface area contributed by atoms with E-state index >= 15 is 0 Å². The number of benzene rings is 2. The Morgan fingerprint density at radius 1 is 1.22 bits per heavy atom. The molecule has 0 bridgehead atoms. The molecule has 0 radical (unpaired) electrons. The zero-order valence-corrected chi connectivity index (χ0v) is 13.4. The van der Waals surface area contributed by atoms with E-state index in [1.165, 1.54) is 32.4 Å². The largest absolute Gasteiger partial charge is 0.493 e. The van der Waals surface area contributed by atoms with Crippen molar-refractivity contribution in [1.82, 2.24) is 0 Å². The molecule has 1 N–H and O–H groups in total. The first kappa shape index (κ1) is 16.8. The van der Waals surface area contributed by atoms with Gasteiger partial charge in [0, 0.05) is 16.7 Å². The van der Waals surface area contributed by atoms with Crippen LogP contribution in [-0.2, 0) is 4.79 Å². The third-order valence-corrected chi connectivity index (χ3v) is 3.27. The molecular formula is C17H15ClFNO3. The van der Waals surface area contributed by atoms with Gasteiger partial charge >= 0.3 is 0 Å². The molecule has 0 saturated heterocycles. The van der Waals surface area contributed by atoms with Crippen LogP contribution in [0, 0.1) is 5.82 Å². The monoisotopic (exact) mass is 335 g/mol. The maximum Gasteiger partial charge on any atom is 0.248 e. The molecule has 0 aliphatic carbocycles. The van der Waals surface area contributed by atoms with Crippen LogP contribution in [0.5, 0.6) is 11.5 Å². The van der Waals surface area contributed by atoms with Gasteiger partial charge in [-0.3, -0.25) is 4.79 Å². The summed E-state index contributed by atoms with van der Waals surface area (Å²) >= 11 is 5.66. The number of halogens is 2. The highest BCUT2D eigenvalue weighted by Crippen LogP contribution is 2.31. The number of hydrogen-bond donors (Lipinski definition) is 1. The number of carbonyl (C=O) groups is 1. The predicted molar refractivity (Wildman–Crippen MR) is 88.6 cm³/mol. The van der Waals surface area contributed by atoms with E-state index in [0.717, 1.165) is 6.07 Å². The third-order valence-electron chi connectivity index (χ3n) is 3.04. The molecule has 6 heteroatoms. The Labute approximate surface area is 138 Å². The Kier molecular flexibility index (Phi) is 5.60. The van der Waals surface area contributed by atoms with Crippen LogP contribution in [0.2, 0.25) is 5.02 Å². The summed E-state index contributed by atoms with van der Waals surface area (Å²) in [5, 5.41) is 2.70. The average molecular weight is 336 g/mol. The van der Waals surface area contributed by atoms with Gasteiger partial charge in [-0.2, -0.15) is 0 Å². The lowest BCUT2D eigenvalue weighted by Gasteiger charge is -2.09. The summed E-state index contributed by atoms with van der Waals surface area (Å²) in [7, 11) is 3.04. The molecule has 0 fully saturated rings. The van der Waals surface area contributed by atoms with Gasteiger partial charge in [0.1, 0.15) is 5.82 Å². The van der Waals surface area contributed by atoms with Crippen molar-refractivity contribution in [2.75, 3.05) is 19.5 Å². The summed E-state index contributed by atoms with van der Waals surface area (Å²) in [5.41, 5.74) is 0.722. The minimum Gasteiger partial charge on any atom is -0.493 e. The van der Waals surface area contributed by atoms with E-state index in [1.54, 1.807) is 24.3 Å². The average Bonchev–Trinajstić information content (AvgIpc) is 2.55. The summed E-state index contributed by atoms with van der Waals surface area (Å²) in [4.78, 5) is 11.9. The van der Waals surface area contributed by atoms with E-state index in [2.05, 4.69) is 5.32 Å². The van der Waals surface area contributed by atoms with Gasteiger partial charge in [-0.15, -0.1) is 0 Å².